The summed E-state index contributed by atoms with van der Waals surface area (Å²) in [4.78, 5) is 0. The number of nitriles is 4. The summed E-state index contributed by atoms with van der Waals surface area (Å²) in [5, 5.41) is 38.8. The van der Waals surface area contributed by atoms with Crippen molar-refractivity contribution >= 4 is 0 Å². The molecule has 0 aliphatic heterocycles. The Balaban J connectivity index is 1.85. The van der Waals surface area contributed by atoms with Gasteiger partial charge in [-0.1, -0.05) is 0 Å². The molecule has 0 aromatic rings. The molecular formula is C17H16N4O. The predicted molar refractivity (Wildman–Crippen MR) is 72.9 cm³/mol. The Kier molecular flexibility index (Phi) is 2.13. The van der Waals surface area contributed by atoms with Gasteiger partial charge in [-0.3, -0.25) is 0 Å². The number of hydrogen-bond acceptors (Lipinski definition) is 5. The van der Waals surface area contributed by atoms with E-state index in [1.54, 1.807) is 0 Å². The highest BCUT2D eigenvalue weighted by Gasteiger charge is 2.93. The van der Waals surface area contributed by atoms with Crippen molar-refractivity contribution in [2.75, 3.05) is 0 Å². The van der Waals surface area contributed by atoms with Crippen LogP contribution in [0, 0.1) is 91.7 Å². The van der Waals surface area contributed by atoms with Gasteiger partial charge in [0.1, 0.15) is 0 Å². The van der Waals surface area contributed by atoms with E-state index in [-0.39, 0.29) is 41.3 Å². The Morgan fingerprint density at radius 1 is 0.727 bits per heavy atom. The van der Waals surface area contributed by atoms with E-state index in [0.717, 1.165) is 0 Å². The Morgan fingerprint density at radius 2 is 1.14 bits per heavy atom. The highest BCUT2D eigenvalue weighted by atomic mass is 16.5. The van der Waals surface area contributed by atoms with Gasteiger partial charge in [0.05, 0.1) is 36.0 Å². The van der Waals surface area contributed by atoms with E-state index in [1.807, 2.05) is 20.8 Å². The molecule has 2 unspecified atom stereocenters. The van der Waals surface area contributed by atoms with Gasteiger partial charge in [-0.15, -0.1) is 0 Å². The maximum Gasteiger partial charge on any atom is 0.179 e. The van der Waals surface area contributed by atoms with Crippen LogP contribution >= 0.6 is 0 Å². The minimum Gasteiger partial charge on any atom is -0.372 e. The fraction of sp³-hybridized carbons (Fsp3) is 0.765. The molecule has 22 heavy (non-hydrogen) atoms. The normalized spacial score (nSPS) is 47.1. The molecule has 5 heteroatoms. The van der Waals surface area contributed by atoms with E-state index >= 15 is 0 Å². The van der Waals surface area contributed by atoms with E-state index in [0.29, 0.717) is 5.92 Å². The Morgan fingerprint density at radius 3 is 1.45 bits per heavy atom. The molecule has 0 saturated heterocycles. The molecule has 5 rings (SSSR count). The highest BCUT2D eigenvalue weighted by Crippen LogP contribution is 2.89. The van der Waals surface area contributed by atoms with Crippen LogP contribution in [0.25, 0.3) is 0 Å². The molecule has 7 atom stereocenters. The van der Waals surface area contributed by atoms with Crippen molar-refractivity contribution in [2.45, 2.75) is 32.5 Å². The van der Waals surface area contributed by atoms with Crippen molar-refractivity contribution in [1.29, 1.82) is 21.0 Å². The second-order valence-electron chi connectivity index (χ2n) is 8.12. The van der Waals surface area contributed by atoms with Crippen LogP contribution in [-0.4, -0.2) is 11.7 Å². The topological polar surface area (TPSA) is 104 Å². The predicted octanol–water partition coefficient (Wildman–Crippen LogP) is 1.99. The van der Waals surface area contributed by atoms with Crippen LogP contribution in [0.1, 0.15) is 20.8 Å². The first kappa shape index (κ1) is 13.6. The second-order valence-corrected chi connectivity index (χ2v) is 8.12. The molecule has 110 valence electrons. The minimum atomic E-state index is -1.50. The summed E-state index contributed by atoms with van der Waals surface area (Å²) in [6, 6.07) is 8.35. The van der Waals surface area contributed by atoms with Crippen LogP contribution in [-0.2, 0) is 4.74 Å². The first-order valence-electron chi connectivity index (χ1n) is 7.66. The van der Waals surface area contributed by atoms with Gasteiger partial charge >= 0.3 is 0 Å². The standard InChI is InChI=1S/C17H16N4O/c1-15(2,3)22-14-10-8-9(10)13-11(14)12(8)16(4-18,5-19)17(13,6-20)7-21/h8-14H,1-3H3/t8-,9+,10?,11?,12-,13-,14+/m1/s1. The lowest BCUT2D eigenvalue weighted by molar-refractivity contribution is -0.0811. The summed E-state index contributed by atoms with van der Waals surface area (Å²) in [6.45, 7) is 5.98. The van der Waals surface area contributed by atoms with Crippen molar-refractivity contribution in [1.82, 2.24) is 0 Å². The smallest absolute Gasteiger partial charge is 0.179 e. The summed E-state index contributed by atoms with van der Waals surface area (Å²) >= 11 is 0. The molecule has 0 aromatic heterocycles. The van der Waals surface area contributed by atoms with Gasteiger partial charge < -0.3 is 4.74 Å². The molecule has 0 N–H and O–H groups in total. The zero-order valence-corrected chi connectivity index (χ0v) is 12.7. The number of hydrogen-bond donors (Lipinski definition) is 0. The van der Waals surface area contributed by atoms with Gasteiger partial charge in [-0.05, 0) is 44.4 Å². The van der Waals surface area contributed by atoms with Gasteiger partial charge in [0.2, 0.25) is 0 Å². The average Bonchev–Trinajstić information content (AvgIpc) is 2.72. The van der Waals surface area contributed by atoms with Gasteiger partial charge in [0, 0.05) is 11.8 Å². The monoisotopic (exact) mass is 292 g/mol. The lowest BCUT2D eigenvalue weighted by Gasteiger charge is -2.34. The van der Waals surface area contributed by atoms with E-state index < -0.39 is 10.8 Å². The fourth-order valence-electron chi connectivity index (χ4n) is 6.13. The van der Waals surface area contributed by atoms with E-state index in [2.05, 4.69) is 24.3 Å². The maximum absolute atomic E-state index is 9.71. The zero-order chi connectivity index (χ0) is 16.1. The van der Waals surface area contributed by atoms with Crippen LogP contribution in [0.5, 0.6) is 0 Å². The number of nitrogens with zero attached hydrogens (tertiary/aromatic N) is 4. The molecule has 0 radical (unpaired) electrons. The molecule has 5 aliphatic rings. The third kappa shape index (κ3) is 1.05. The quantitative estimate of drug-likeness (QED) is 0.735. The van der Waals surface area contributed by atoms with Crippen molar-refractivity contribution in [3.63, 3.8) is 0 Å². The molecular weight excluding hydrogens is 276 g/mol. The Labute approximate surface area is 129 Å². The van der Waals surface area contributed by atoms with Crippen LogP contribution < -0.4 is 0 Å². The summed E-state index contributed by atoms with van der Waals surface area (Å²) in [7, 11) is 0. The van der Waals surface area contributed by atoms with Crippen LogP contribution in [0.15, 0.2) is 0 Å². The molecule has 0 amide bonds. The van der Waals surface area contributed by atoms with Crippen LogP contribution in [0.2, 0.25) is 0 Å². The zero-order valence-electron chi connectivity index (χ0n) is 12.7. The third-order valence-electron chi connectivity index (χ3n) is 6.43. The summed E-state index contributed by atoms with van der Waals surface area (Å²) in [5.74, 6) is 0.526. The fourth-order valence-corrected chi connectivity index (χ4v) is 6.13. The average molecular weight is 292 g/mol. The van der Waals surface area contributed by atoms with E-state index in [4.69, 9.17) is 4.74 Å². The molecule has 0 aromatic carbocycles. The van der Waals surface area contributed by atoms with Crippen LogP contribution in [0.3, 0.4) is 0 Å². The van der Waals surface area contributed by atoms with Gasteiger partial charge in [0.15, 0.2) is 10.8 Å². The summed E-state index contributed by atoms with van der Waals surface area (Å²) in [5.41, 5.74) is -3.31. The molecule has 5 fully saturated rings. The summed E-state index contributed by atoms with van der Waals surface area (Å²) < 4.78 is 6.21. The lowest BCUT2D eigenvalue weighted by atomic mass is 9.58. The minimum absolute atomic E-state index is 0.00201. The lowest BCUT2D eigenvalue weighted by Crippen LogP contribution is -2.44. The SMILES string of the molecule is CC(C)(C)O[C@H]1C2[C@@H]3[C@H]2[C@@H]2C1[C@@H]3C(C#N)(C#N)C2(C#N)C#N. The Hall–Kier alpha value is -2.08. The van der Waals surface area contributed by atoms with Gasteiger partial charge in [0.25, 0.3) is 0 Å². The molecule has 5 aliphatic carbocycles. The largest absolute Gasteiger partial charge is 0.372 e. The first-order valence-corrected chi connectivity index (χ1v) is 7.66. The number of rotatable bonds is 1. The second kappa shape index (κ2) is 3.46. The van der Waals surface area contributed by atoms with Crippen molar-refractivity contribution < 1.29 is 4.74 Å². The van der Waals surface area contributed by atoms with E-state index in [1.165, 1.54) is 0 Å². The molecule has 0 heterocycles. The van der Waals surface area contributed by atoms with Crippen molar-refractivity contribution in [2.24, 2.45) is 46.3 Å². The third-order valence-corrected chi connectivity index (χ3v) is 6.43. The maximum atomic E-state index is 9.71. The number of ether oxygens (including phenoxy) is 1. The van der Waals surface area contributed by atoms with Crippen molar-refractivity contribution in [3.05, 3.63) is 0 Å². The van der Waals surface area contributed by atoms with Crippen molar-refractivity contribution in [3.8, 4) is 24.3 Å². The first-order chi connectivity index (χ1) is 10.3. The molecule has 5 saturated carbocycles. The van der Waals surface area contributed by atoms with E-state index in [9.17, 15) is 21.0 Å². The summed E-state index contributed by atoms with van der Waals surface area (Å²) in [6.07, 6.45) is -0.0188. The molecule has 0 spiro atoms. The van der Waals surface area contributed by atoms with Gasteiger partial charge in [-0.2, -0.15) is 21.0 Å². The molecule has 5 nitrogen and oxygen atoms in total. The highest BCUT2D eigenvalue weighted by molar-refractivity contribution is 5.51. The molecule has 6 bridgehead atoms. The van der Waals surface area contributed by atoms with Gasteiger partial charge in [-0.25, -0.2) is 0 Å². The Bertz CT molecular complexity index is 657. The van der Waals surface area contributed by atoms with Crippen LogP contribution in [0.4, 0.5) is 0 Å².